The Bertz CT molecular complexity index is 1220. The number of aromatic amines is 1. The highest BCUT2D eigenvalue weighted by Crippen LogP contribution is 2.35. The number of nitrogens with zero attached hydrogens (tertiary/aromatic N) is 2. The molecule has 138 valence electrons. The van der Waals surface area contributed by atoms with Crippen molar-refractivity contribution in [2.45, 2.75) is 0 Å². The van der Waals surface area contributed by atoms with Crippen molar-refractivity contribution < 1.29 is 5.11 Å². The molecule has 0 aliphatic rings. The summed E-state index contributed by atoms with van der Waals surface area (Å²) in [4.78, 5) is 11.6. The first-order chi connectivity index (χ1) is 13.6. The smallest absolute Gasteiger partial charge is 0.138 e. The van der Waals surface area contributed by atoms with E-state index < -0.39 is 0 Å². The number of pyridine rings is 2. The number of aromatic nitrogens is 3. The lowest BCUT2D eigenvalue weighted by molar-refractivity contribution is 0.515. The summed E-state index contributed by atoms with van der Waals surface area (Å²) in [7, 11) is 0. The third kappa shape index (κ3) is 3.15. The third-order valence-electron chi connectivity index (χ3n) is 4.42. The van der Waals surface area contributed by atoms with Crippen LogP contribution in [0.5, 0.6) is 0 Å². The zero-order valence-electron chi connectivity index (χ0n) is 14.4. The largest absolute Gasteiger partial charge is 0.507 e. The van der Waals surface area contributed by atoms with Gasteiger partial charge in [0, 0.05) is 64.2 Å². The summed E-state index contributed by atoms with van der Waals surface area (Å²) < 4.78 is 0. The van der Waals surface area contributed by atoms with Gasteiger partial charge in [-0.1, -0.05) is 41.4 Å². The minimum Gasteiger partial charge on any atom is -0.507 e. The molecule has 7 heteroatoms. The molecule has 3 N–H and O–H groups in total. The van der Waals surface area contributed by atoms with Gasteiger partial charge < -0.3 is 15.5 Å². The van der Waals surface area contributed by atoms with Crippen LogP contribution in [0, 0.1) is 5.41 Å². The molecule has 0 amide bonds. The van der Waals surface area contributed by atoms with Gasteiger partial charge in [-0.2, -0.15) is 0 Å². The maximum Gasteiger partial charge on any atom is 0.138 e. The summed E-state index contributed by atoms with van der Waals surface area (Å²) in [6.45, 7) is 0. The van der Waals surface area contributed by atoms with Gasteiger partial charge in [-0.25, -0.2) is 4.98 Å². The van der Waals surface area contributed by atoms with Crippen LogP contribution in [-0.4, -0.2) is 26.3 Å². The van der Waals surface area contributed by atoms with E-state index in [-0.39, 0.29) is 16.4 Å². The molecule has 4 aromatic rings. The molecule has 0 unspecified atom stereocenters. The molecular formula is C21H14Cl2N4O. The van der Waals surface area contributed by atoms with E-state index >= 15 is 0 Å². The Morgan fingerprint density at radius 1 is 1.07 bits per heavy atom. The van der Waals surface area contributed by atoms with E-state index in [1.165, 1.54) is 0 Å². The first-order valence-corrected chi connectivity index (χ1v) is 9.11. The maximum atomic E-state index is 11.0. The molecule has 5 nitrogen and oxygen atoms in total. The fourth-order valence-electron chi connectivity index (χ4n) is 3.02. The minimum absolute atomic E-state index is 0.0875. The maximum absolute atomic E-state index is 11.0. The predicted molar refractivity (Wildman–Crippen MR) is 114 cm³/mol. The van der Waals surface area contributed by atoms with Gasteiger partial charge in [0.25, 0.3) is 0 Å². The van der Waals surface area contributed by atoms with Gasteiger partial charge in [0.05, 0.1) is 10.0 Å². The van der Waals surface area contributed by atoms with E-state index in [1.807, 2.05) is 18.2 Å². The highest BCUT2D eigenvalue weighted by molar-refractivity contribution is 6.44. The van der Waals surface area contributed by atoms with E-state index in [9.17, 15) is 5.11 Å². The van der Waals surface area contributed by atoms with Crippen molar-refractivity contribution in [3.63, 3.8) is 0 Å². The number of H-pyrrole nitrogens is 1. The molecule has 0 bridgehead atoms. The number of rotatable bonds is 4. The molecule has 1 aromatic carbocycles. The Balaban J connectivity index is 1.91. The quantitative estimate of drug-likeness (QED) is 0.285. The fourth-order valence-corrected chi connectivity index (χ4v) is 3.42. The van der Waals surface area contributed by atoms with Gasteiger partial charge in [0.2, 0.25) is 0 Å². The monoisotopic (exact) mass is 408 g/mol. The Morgan fingerprint density at radius 3 is 2.68 bits per heavy atom. The predicted octanol–water partition coefficient (Wildman–Crippen LogP) is 6.01. The number of fused-ring (bicyclic) bond motifs is 1. The van der Waals surface area contributed by atoms with E-state index in [0.29, 0.717) is 21.8 Å². The van der Waals surface area contributed by atoms with Crippen molar-refractivity contribution >= 4 is 51.8 Å². The SMILES string of the molecule is N=C/C(=C(\O)c1c[nH]c2ncc(-c3cccnc3)cc12)c1cccc(Cl)c1Cl. The molecule has 0 aliphatic carbocycles. The topological polar surface area (TPSA) is 85.6 Å². The van der Waals surface area contributed by atoms with Crippen molar-refractivity contribution in [3.05, 3.63) is 82.4 Å². The average molecular weight is 409 g/mol. The zero-order valence-corrected chi connectivity index (χ0v) is 16.0. The molecule has 0 aliphatic heterocycles. The van der Waals surface area contributed by atoms with E-state index in [1.54, 1.807) is 43.0 Å². The molecular weight excluding hydrogens is 395 g/mol. The summed E-state index contributed by atoms with van der Waals surface area (Å²) >= 11 is 12.4. The second kappa shape index (κ2) is 7.46. The highest BCUT2D eigenvalue weighted by atomic mass is 35.5. The average Bonchev–Trinajstić information content (AvgIpc) is 3.15. The van der Waals surface area contributed by atoms with Crippen LogP contribution in [0.15, 0.2) is 61.2 Å². The van der Waals surface area contributed by atoms with Crippen LogP contribution in [0.1, 0.15) is 11.1 Å². The normalized spacial score (nSPS) is 12.1. The molecule has 0 atom stereocenters. The summed E-state index contributed by atoms with van der Waals surface area (Å²) in [5.41, 5.74) is 3.66. The molecule has 0 saturated heterocycles. The Kier molecular flexibility index (Phi) is 4.86. The van der Waals surface area contributed by atoms with Crippen LogP contribution in [0.25, 0.3) is 33.5 Å². The van der Waals surface area contributed by atoms with Crippen molar-refractivity contribution in [1.82, 2.24) is 15.0 Å². The van der Waals surface area contributed by atoms with Crippen LogP contribution < -0.4 is 0 Å². The van der Waals surface area contributed by atoms with E-state index in [0.717, 1.165) is 22.7 Å². The van der Waals surface area contributed by atoms with Crippen LogP contribution in [-0.2, 0) is 0 Å². The molecule has 0 spiro atoms. The number of aliphatic hydroxyl groups is 1. The van der Waals surface area contributed by atoms with E-state index in [4.69, 9.17) is 28.6 Å². The number of nitrogens with one attached hydrogen (secondary N) is 2. The first kappa shape index (κ1) is 18.2. The van der Waals surface area contributed by atoms with Gasteiger partial charge >= 0.3 is 0 Å². The van der Waals surface area contributed by atoms with Crippen molar-refractivity contribution in [2.75, 3.05) is 0 Å². The van der Waals surface area contributed by atoms with Crippen LogP contribution in [0.3, 0.4) is 0 Å². The summed E-state index contributed by atoms with van der Waals surface area (Å²) in [6.07, 6.45) is 7.91. The standard InChI is InChI=1S/C21H14Cl2N4O/c22-18-5-1-4-14(19(18)23)16(8-24)20(28)17-11-27-21-15(17)7-13(10-26-21)12-3-2-6-25-9-12/h1-11,24,28H,(H,26,27)/b20-16+,24-8?. The lowest BCUT2D eigenvalue weighted by Gasteiger charge is -2.09. The fraction of sp³-hybridized carbons (Fsp3) is 0. The van der Waals surface area contributed by atoms with E-state index in [2.05, 4.69) is 15.0 Å². The lowest BCUT2D eigenvalue weighted by Crippen LogP contribution is -1.94. The van der Waals surface area contributed by atoms with Gasteiger partial charge in [-0.15, -0.1) is 0 Å². The zero-order chi connectivity index (χ0) is 19.7. The van der Waals surface area contributed by atoms with Crippen molar-refractivity contribution in [1.29, 1.82) is 5.41 Å². The molecule has 0 saturated carbocycles. The Labute approximate surface area is 170 Å². The number of benzene rings is 1. The van der Waals surface area contributed by atoms with Gasteiger partial charge in [-0.05, 0) is 18.2 Å². The Morgan fingerprint density at radius 2 is 1.93 bits per heavy atom. The molecule has 4 rings (SSSR count). The Hall–Kier alpha value is -3.15. The highest BCUT2D eigenvalue weighted by Gasteiger charge is 2.17. The number of hydrogen-bond donors (Lipinski definition) is 3. The molecule has 3 aromatic heterocycles. The molecule has 28 heavy (non-hydrogen) atoms. The second-order valence-corrected chi connectivity index (χ2v) is 6.86. The number of halogens is 2. The van der Waals surface area contributed by atoms with Gasteiger partial charge in [0.15, 0.2) is 0 Å². The lowest BCUT2D eigenvalue weighted by atomic mass is 10.0. The summed E-state index contributed by atoms with van der Waals surface area (Å²) in [5.74, 6) is -0.0875. The second-order valence-electron chi connectivity index (χ2n) is 6.07. The number of hydrogen-bond acceptors (Lipinski definition) is 4. The molecule has 0 fully saturated rings. The number of allylic oxidation sites excluding steroid dienone is 1. The van der Waals surface area contributed by atoms with Crippen LogP contribution >= 0.6 is 23.2 Å². The van der Waals surface area contributed by atoms with Gasteiger partial charge in [0.1, 0.15) is 11.4 Å². The molecule has 0 radical (unpaired) electrons. The van der Waals surface area contributed by atoms with Crippen LogP contribution in [0.4, 0.5) is 0 Å². The minimum atomic E-state index is -0.0875. The van der Waals surface area contributed by atoms with Crippen molar-refractivity contribution in [2.24, 2.45) is 0 Å². The third-order valence-corrected chi connectivity index (χ3v) is 5.24. The van der Waals surface area contributed by atoms with Crippen LogP contribution in [0.2, 0.25) is 10.0 Å². The first-order valence-electron chi connectivity index (χ1n) is 8.36. The summed E-state index contributed by atoms with van der Waals surface area (Å²) in [6, 6.07) is 10.8. The summed E-state index contributed by atoms with van der Waals surface area (Å²) in [5, 5.41) is 20.1. The van der Waals surface area contributed by atoms with Crippen molar-refractivity contribution in [3.8, 4) is 11.1 Å². The van der Waals surface area contributed by atoms with Gasteiger partial charge in [-0.3, -0.25) is 4.98 Å². The number of aliphatic hydroxyl groups excluding tert-OH is 1. The molecule has 3 heterocycles.